The quantitative estimate of drug-likeness (QED) is 0.231. The molecule has 0 aromatic heterocycles. The molecule has 0 radical (unpaired) electrons. The number of carbonyl (C=O) groups excluding carboxylic acids is 2. The lowest BCUT2D eigenvalue weighted by molar-refractivity contribution is -0.139. The number of rotatable bonds is 7. The fraction of sp³-hybridized carbons (Fsp3) is 0.526. The van der Waals surface area contributed by atoms with E-state index in [-0.39, 0.29) is 30.1 Å². The number of likely N-dealkylation sites (tertiary alicyclic amines) is 1. The first-order valence-electron chi connectivity index (χ1n) is 9.24. The smallest absolute Gasteiger partial charge is 0.243 e. The summed E-state index contributed by atoms with van der Waals surface area (Å²) in [6.07, 6.45) is 2.05. The molecule has 2 atom stereocenters. The third kappa shape index (κ3) is 6.10. The number of benzene rings is 1. The molecule has 1 aliphatic heterocycles. The summed E-state index contributed by atoms with van der Waals surface area (Å²) in [4.78, 5) is 26.8. The van der Waals surface area contributed by atoms with Gasteiger partial charge in [-0.2, -0.15) is 0 Å². The highest BCUT2D eigenvalue weighted by atomic mass is 35.5. The van der Waals surface area contributed by atoms with Crippen molar-refractivity contribution in [3.8, 4) is 0 Å². The van der Waals surface area contributed by atoms with Crippen molar-refractivity contribution in [2.24, 2.45) is 22.5 Å². The summed E-state index contributed by atoms with van der Waals surface area (Å²) in [5.41, 5.74) is 13.0. The maximum atomic E-state index is 12.6. The van der Waals surface area contributed by atoms with E-state index in [4.69, 9.17) is 16.7 Å². The van der Waals surface area contributed by atoms with Crippen LogP contribution < -0.4 is 16.8 Å². The van der Waals surface area contributed by atoms with Crippen LogP contribution in [-0.2, 0) is 16.1 Å². The number of oxime groups is 1. The van der Waals surface area contributed by atoms with E-state index in [1.807, 2.05) is 13.8 Å². The van der Waals surface area contributed by atoms with Gasteiger partial charge in [0.1, 0.15) is 6.04 Å². The van der Waals surface area contributed by atoms with Gasteiger partial charge in [-0.05, 0) is 30.7 Å². The molecule has 6 N–H and O–H groups in total. The van der Waals surface area contributed by atoms with Crippen molar-refractivity contribution >= 4 is 30.1 Å². The van der Waals surface area contributed by atoms with Crippen LogP contribution >= 0.6 is 12.4 Å². The van der Waals surface area contributed by atoms with Gasteiger partial charge >= 0.3 is 0 Å². The Bertz CT molecular complexity index is 693. The molecule has 1 aliphatic rings. The van der Waals surface area contributed by atoms with Gasteiger partial charge in [0.2, 0.25) is 11.8 Å². The lowest BCUT2D eigenvalue weighted by Gasteiger charge is -2.27. The van der Waals surface area contributed by atoms with E-state index in [9.17, 15) is 9.59 Å². The zero-order chi connectivity index (χ0) is 20.0. The Kier molecular flexibility index (Phi) is 9.21. The second-order valence-electron chi connectivity index (χ2n) is 7.33. The van der Waals surface area contributed by atoms with Crippen LogP contribution in [0, 0.1) is 5.92 Å². The third-order valence-corrected chi connectivity index (χ3v) is 4.71. The maximum absolute atomic E-state index is 12.6. The van der Waals surface area contributed by atoms with Crippen LogP contribution in [-0.4, -0.2) is 46.4 Å². The fourth-order valence-corrected chi connectivity index (χ4v) is 3.28. The number of amides is 2. The molecule has 2 amide bonds. The monoisotopic (exact) mass is 411 g/mol. The predicted octanol–water partition coefficient (Wildman–Crippen LogP) is 1.18. The molecule has 1 fully saturated rings. The number of carbonyl (C=O) groups is 2. The van der Waals surface area contributed by atoms with Crippen LogP contribution in [0.4, 0.5) is 0 Å². The van der Waals surface area contributed by atoms with Crippen LogP contribution in [0.2, 0.25) is 0 Å². The number of hydrogen-bond acceptors (Lipinski definition) is 5. The SMILES string of the molecule is CC(C)CC(N)C(=O)N1CCC[C@H]1C(=O)NCc1ccc(C(N)=NO)cc1.Cl. The van der Waals surface area contributed by atoms with Crippen molar-refractivity contribution in [2.75, 3.05) is 6.54 Å². The molecule has 9 heteroatoms. The Morgan fingerprint density at radius 1 is 1.32 bits per heavy atom. The van der Waals surface area contributed by atoms with Gasteiger partial charge in [-0.1, -0.05) is 43.3 Å². The first-order valence-corrected chi connectivity index (χ1v) is 9.24. The molecule has 156 valence electrons. The van der Waals surface area contributed by atoms with Gasteiger partial charge in [-0.3, -0.25) is 9.59 Å². The van der Waals surface area contributed by atoms with Crippen LogP contribution in [0.5, 0.6) is 0 Å². The van der Waals surface area contributed by atoms with Crippen molar-refractivity contribution in [3.05, 3.63) is 35.4 Å². The minimum atomic E-state index is -0.565. The molecule has 28 heavy (non-hydrogen) atoms. The highest BCUT2D eigenvalue weighted by Crippen LogP contribution is 2.20. The van der Waals surface area contributed by atoms with Crippen molar-refractivity contribution < 1.29 is 14.8 Å². The van der Waals surface area contributed by atoms with Crippen molar-refractivity contribution in [1.82, 2.24) is 10.2 Å². The van der Waals surface area contributed by atoms with Crippen LogP contribution in [0.15, 0.2) is 29.4 Å². The lowest BCUT2D eigenvalue weighted by Crippen LogP contribution is -2.51. The summed E-state index contributed by atoms with van der Waals surface area (Å²) in [6.45, 7) is 4.95. The zero-order valence-electron chi connectivity index (χ0n) is 16.3. The van der Waals surface area contributed by atoms with Gasteiger partial charge in [0.05, 0.1) is 6.04 Å². The average molecular weight is 412 g/mol. The van der Waals surface area contributed by atoms with E-state index in [0.29, 0.717) is 37.4 Å². The summed E-state index contributed by atoms with van der Waals surface area (Å²) in [5, 5.41) is 14.5. The summed E-state index contributed by atoms with van der Waals surface area (Å²) >= 11 is 0. The number of halogens is 1. The molecule has 1 unspecified atom stereocenters. The van der Waals surface area contributed by atoms with Crippen LogP contribution in [0.25, 0.3) is 0 Å². The van der Waals surface area contributed by atoms with E-state index >= 15 is 0 Å². The summed E-state index contributed by atoms with van der Waals surface area (Å²) in [6, 6.07) is 5.99. The van der Waals surface area contributed by atoms with Gasteiger partial charge in [0, 0.05) is 18.7 Å². The van der Waals surface area contributed by atoms with Gasteiger partial charge < -0.3 is 26.9 Å². The summed E-state index contributed by atoms with van der Waals surface area (Å²) < 4.78 is 0. The maximum Gasteiger partial charge on any atom is 0.243 e. The fourth-order valence-electron chi connectivity index (χ4n) is 3.28. The Hall–Kier alpha value is -2.32. The molecule has 0 bridgehead atoms. The number of amidine groups is 1. The number of nitrogens with two attached hydrogens (primary N) is 2. The molecule has 1 saturated heterocycles. The number of nitrogens with zero attached hydrogens (tertiary/aromatic N) is 2. The molecule has 1 aromatic carbocycles. The van der Waals surface area contributed by atoms with Gasteiger partial charge in [-0.15, -0.1) is 12.4 Å². The summed E-state index contributed by atoms with van der Waals surface area (Å²) in [7, 11) is 0. The Morgan fingerprint density at radius 2 is 1.96 bits per heavy atom. The van der Waals surface area contributed by atoms with E-state index in [2.05, 4.69) is 10.5 Å². The molecule has 1 aromatic rings. The van der Waals surface area contributed by atoms with E-state index in [0.717, 1.165) is 12.0 Å². The molecule has 0 aliphatic carbocycles. The first-order chi connectivity index (χ1) is 12.8. The standard InChI is InChI=1S/C19H29N5O3.ClH/c1-12(2)10-15(20)19(26)24-9-3-4-16(24)18(25)22-11-13-5-7-14(8-6-13)17(21)23-27;/h5-8,12,15-16,27H,3-4,9-11,20H2,1-2H3,(H2,21,23)(H,22,25);1H/t15?,16-;/m0./s1. The van der Waals surface area contributed by atoms with E-state index in [1.165, 1.54) is 0 Å². The van der Waals surface area contributed by atoms with Crippen LogP contribution in [0.1, 0.15) is 44.2 Å². The predicted molar refractivity (Wildman–Crippen MR) is 110 cm³/mol. The van der Waals surface area contributed by atoms with Gasteiger partial charge in [0.25, 0.3) is 0 Å². The Morgan fingerprint density at radius 3 is 2.54 bits per heavy atom. The van der Waals surface area contributed by atoms with Crippen molar-refractivity contribution in [3.63, 3.8) is 0 Å². The second-order valence-corrected chi connectivity index (χ2v) is 7.33. The lowest BCUT2D eigenvalue weighted by atomic mass is 10.0. The first kappa shape index (κ1) is 23.7. The molecule has 1 heterocycles. The largest absolute Gasteiger partial charge is 0.409 e. The normalized spacial score (nSPS) is 17.9. The number of hydrogen-bond donors (Lipinski definition) is 4. The minimum Gasteiger partial charge on any atom is -0.409 e. The molecular weight excluding hydrogens is 382 g/mol. The van der Waals surface area contributed by atoms with Gasteiger partial charge in [-0.25, -0.2) is 0 Å². The molecule has 2 rings (SSSR count). The minimum absolute atomic E-state index is 0. The van der Waals surface area contributed by atoms with Crippen molar-refractivity contribution in [1.29, 1.82) is 0 Å². The van der Waals surface area contributed by atoms with Gasteiger partial charge in [0.15, 0.2) is 5.84 Å². The highest BCUT2D eigenvalue weighted by molar-refractivity contribution is 5.97. The average Bonchev–Trinajstić information content (AvgIpc) is 3.14. The van der Waals surface area contributed by atoms with Crippen molar-refractivity contribution in [2.45, 2.75) is 51.7 Å². The van der Waals surface area contributed by atoms with E-state index < -0.39 is 12.1 Å². The number of nitrogens with one attached hydrogen (secondary N) is 1. The zero-order valence-corrected chi connectivity index (χ0v) is 17.1. The van der Waals surface area contributed by atoms with Crippen LogP contribution in [0.3, 0.4) is 0 Å². The molecule has 8 nitrogen and oxygen atoms in total. The topological polar surface area (TPSA) is 134 Å². The summed E-state index contributed by atoms with van der Waals surface area (Å²) in [5.74, 6) is 0.0396. The van der Waals surface area contributed by atoms with E-state index in [1.54, 1.807) is 29.2 Å². The second kappa shape index (κ2) is 10.9. The molecule has 0 spiro atoms. The highest BCUT2D eigenvalue weighted by Gasteiger charge is 2.36. The Labute approximate surface area is 171 Å². The molecular formula is C19H30ClN5O3. The molecule has 0 saturated carbocycles. The Balaban J connectivity index is 0.00000392. The third-order valence-electron chi connectivity index (χ3n) is 4.71.